The predicted octanol–water partition coefficient (Wildman–Crippen LogP) is 2.97. The first kappa shape index (κ1) is 31.1. The molecule has 0 radical (unpaired) electrons. The van der Waals surface area contributed by atoms with Gasteiger partial charge < -0.3 is 30.7 Å². The van der Waals surface area contributed by atoms with Crippen molar-refractivity contribution in [3.8, 4) is 0 Å². The quantitative estimate of drug-likeness (QED) is 0.337. The van der Waals surface area contributed by atoms with Gasteiger partial charge in [-0.2, -0.15) is 0 Å². The van der Waals surface area contributed by atoms with E-state index in [0.29, 0.717) is 70.1 Å². The highest BCUT2D eigenvalue weighted by molar-refractivity contribution is 6.30. The number of carbonyl (C=O) groups is 3. The summed E-state index contributed by atoms with van der Waals surface area (Å²) in [5.74, 6) is -0.205. The van der Waals surface area contributed by atoms with E-state index in [0.717, 1.165) is 16.8 Å². The molecule has 3 aliphatic heterocycles. The van der Waals surface area contributed by atoms with Crippen molar-refractivity contribution in [2.75, 3.05) is 44.8 Å². The van der Waals surface area contributed by atoms with Crippen molar-refractivity contribution in [2.24, 2.45) is 0 Å². The Labute approximate surface area is 269 Å². The molecule has 2 atom stereocenters. The van der Waals surface area contributed by atoms with Gasteiger partial charge in [0.2, 0.25) is 17.7 Å². The SMILES string of the molecule is CNCCN1CN(c2ccccc2)C2(CCN(C(=O)[C@@H](Cc3ccc(Cl)cc3)NC(=O)[C@H]3Cc4ccccc4CN3)CC2)C1=O. The van der Waals surface area contributed by atoms with Gasteiger partial charge in [-0.1, -0.05) is 66.2 Å². The molecule has 0 unspecified atom stereocenters. The van der Waals surface area contributed by atoms with Crippen molar-refractivity contribution in [2.45, 2.75) is 49.9 Å². The number of benzene rings is 3. The van der Waals surface area contributed by atoms with Crippen LogP contribution in [0.2, 0.25) is 5.02 Å². The molecule has 10 heteroatoms. The molecule has 3 amide bonds. The number of likely N-dealkylation sites (tertiary alicyclic amines) is 1. The summed E-state index contributed by atoms with van der Waals surface area (Å²) in [5, 5.41) is 10.2. The maximum absolute atomic E-state index is 14.2. The summed E-state index contributed by atoms with van der Waals surface area (Å²) in [6.45, 7) is 3.31. The highest BCUT2D eigenvalue weighted by atomic mass is 35.5. The lowest BCUT2D eigenvalue weighted by Gasteiger charge is -2.44. The number of piperidine rings is 1. The Bertz CT molecular complexity index is 1510. The van der Waals surface area contributed by atoms with Crippen LogP contribution in [0.3, 0.4) is 0 Å². The fraction of sp³-hybridized carbons (Fsp3) is 0.400. The summed E-state index contributed by atoms with van der Waals surface area (Å²) >= 11 is 6.13. The number of amides is 3. The van der Waals surface area contributed by atoms with E-state index >= 15 is 0 Å². The number of halogens is 1. The number of nitrogens with zero attached hydrogens (tertiary/aromatic N) is 3. The highest BCUT2D eigenvalue weighted by Gasteiger charge is 2.54. The fourth-order valence-corrected chi connectivity index (χ4v) is 7.03. The molecule has 0 aliphatic carbocycles. The smallest absolute Gasteiger partial charge is 0.250 e. The van der Waals surface area contributed by atoms with Crippen LogP contribution in [0.4, 0.5) is 5.69 Å². The van der Waals surface area contributed by atoms with E-state index in [1.807, 2.05) is 71.4 Å². The zero-order valence-electron chi connectivity index (χ0n) is 25.7. The Morgan fingerprint density at radius 1 is 0.978 bits per heavy atom. The number of rotatable bonds is 9. The Kier molecular flexibility index (Phi) is 9.40. The van der Waals surface area contributed by atoms with Crippen LogP contribution in [0.25, 0.3) is 0 Å². The Morgan fingerprint density at radius 2 is 1.67 bits per heavy atom. The molecule has 1 spiro atoms. The normalized spacial score (nSPS) is 19.8. The lowest BCUT2D eigenvalue weighted by molar-refractivity contribution is -0.141. The number of anilines is 1. The van der Waals surface area contributed by atoms with Gasteiger partial charge in [0.25, 0.3) is 0 Å². The lowest BCUT2D eigenvalue weighted by Crippen LogP contribution is -2.60. The van der Waals surface area contributed by atoms with E-state index in [1.54, 1.807) is 12.1 Å². The van der Waals surface area contributed by atoms with Crippen LogP contribution in [0, 0.1) is 0 Å². The second-order valence-electron chi connectivity index (χ2n) is 12.2. The predicted molar refractivity (Wildman–Crippen MR) is 176 cm³/mol. The number of nitrogens with one attached hydrogen (secondary N) is 3. The third kappa shape index (κ3) is 6.57. The molecule has 0 bridgehead atoms. The summed E-state index contributed by atoms with van der Waals surface area (Å²) in [6.07, 6.45) is 1.95. The van der Waals surface area contributed by atoms with E-state index in [-0.39, 0.29) is 17.7 Å². The van der Waals surface area contributed by atoms with Crippen molar-refractivity contribution < 1.29 is 14.4 Å². The largest absolute Gasteiger partial charge is 0.343 e. The molecule has 9 nitrogen and oxygen atoms in total. The van der Waals surface area contributed by atoms with Crippen molar-refractivity contribution in [1.82, 2.24) is 25.8 Å². The summed E-state index contributed by atoms with van der Waals surface area (Å²) < 4.78 is 0. The number of para-hydroxylation sites is 1. The average molecular weight is 629 g/mol. The average Bonchev–Trinajstić information content (AvgIpc) is 3.34. The van der Waals surface area contributed by atoms with Crippen molar-refractivity contribution in [3.63, 3.8) is 0 Å². The summed E-state index contributed by atoms with van der Waals surface area (Å²) in [5.41, 5.74) is 3.54. The molecule has 3 aromatic carbocycles. The van der Waals surface area contributed by atoms with Gasteiger partial charge in [0, 0.05) is 49.9 Å². The highest BCUT2D eigenvalue weighted by Crippen LogP contribution is 2.39. The molecule has 6 rings (SSSR count). The first-order valence-electron chi connectivity index (χ1n) is 15.8. The first-order chi connectivity index (χ1) is 21.9. The summed E-state index contributed by atoms with van der Waals surface area (Å²) in [6, 6.07) is 24.4. The molecular weight excluding hydrogens is 588 g/mol. The van der Waals surface area contributed by atoms with Crippen LogP contribution in [-0.2, 0) is 33.8 Å². The van der Waals surface area contributed by atoms with Crippen LogP contribution in [0.5, 0.6) is 0 Å². The van der Waals surface area contributed by atoms with Gasteiger partial charge in [-0.05, 0) is 67.3 Å². The Balaban J connectivity index is 1.19. The maximum atomic E-state index is 14.2. The minimum atomic E-state index is -0.747. The molecule has 3 aromatic rings. The van der Waals surface area contributed by atoms with Gasteiger partial charge in [0.1, 0.15) is 11.6 Å². The van der Waals surface area contributed by atoms with Gasteiger partial charge in [-0.3, -0.25) is 14.4 Å². The molecule has 2 saturated heterocycles. The van der Waals surface area contributed by atoms with Crippen LogP contribution in [-0.4, -0.2) is 85.0 Å². The minimum absolute atomic E-state index is 0.114. The summed E-state index contributed by atoms with van der Waals surface area (Å²) in [7, 11) is 1.89. The molecule has 0 saturated carbocycles. The first-order valence-corrected chi connectivity index (χ1v) is 16.2. The van der Waals surface area contributed by atoms with Crippen LogP contribution in [0.15, 0.2) is 78.9 Å². The molecule has 2 fully saturated rings. The van der Waals surface area contributed by atoms with Crippen molar-refractivity contribution in [1.29, 1.82) is 0 Å². The second-order valence-corrected chi connectivity index (χ2v) is 12.7. The topological polar surface area (TPSA) is 97.0 Å². The minimum Gasteiger partial charge on any atom is -0.343 e. The Morgan fingerprint density at radius 3 is 2.38 bits per heavy atom. The van der Waals surface area contributed by atoms with Gasteiger partial charge >= 0.3 is 0 Å². The van der Waals surface area contributed by atoms with Crippen LogP contribution in [0.1, 0.15) is 29.5 Å². The van der Waals surface area contributed by atoms with E-state index in [2.05, 4.69) is 33.0 Å². The maximum Gasteiger partial charge on any atom is 0.250 e. The van der Waals surface area contributed by atoms with Gasteiger partial charge in [0.05, 0.1) is 12.7 Å². The zero-order valence-corrected chi connectivity index (χ0v) is 26.4. The van der Waals surface area contributed by atoms with E-state index in [4.69, 9.17) is 11.6 Å². The van der Waals surface area contributed by atoms with Gasteiger partial charge in [-0.25, -0.2) is 0 Å². The molecule has 236 valence electrons. The zero-order chi connectivity index (χ0) is 31.4. The monoisotopic (exact) mass is 628 g/mol. The fourth-order valence-electron chi connectivity index (χ4n) is 6.91. The Hall–Kier alpha value is -3.92. The molecule has 3 aliphatic rings. The second kappa shape index (κ2) is 13.6. The molecule has 0 aromatic heterocycles. The molecular formula is C35H41ClN6O3. The third-order valence-electron chi connectivity index (χ3n) is 9.48. The number of likely N-dealkylation sites (N-methyl/N-ethyl adjacent to an activating group) is 1. The number of carbonyl (C=O) groups excluding carboxylic acids is 3. The van der Waals surface area contributed by atoms with E-state index in [9.17, 15) is 14.4 Å². The van der Waals surface area contributed by atoms with E-state index < -0.39 is 17.6 Å². The van der Waals surface area contributed by atoms with Crippen molar-refractivity contribution >= 4 is 35.0 Å². The molecule has 45 heavy (non-hydrogen) atoms. The van der Waals surface area contributed by atoms with Gasteiger partial charge in [-0.15, -0.1) is 0 Å². The number of hydrogen-bond donors (Lipinski definition) is 3. The number of hydrogen-bond acceptors (Lipinski definition) is 6. The molecule has 3 N–H and O–H groups in total. The lowest BCUT2D eigenvalue weighted by atomic mass is 9.85. The van der Waals surface area contributed by atoms with Crippen LogP contribution >= 0.6 is 11.6 Å². The van der Waals surface area contributed by atoms with E-state index in [1.165, 1.54) is 5.56 Å². The number of fused-ring (bicyclic) bond motifs is 1. The molecule has 3 heterocycles. The summed E-state index contributed by atoms with van der Waals surface area (Å²) in [4.78, 5) is 47.7. The standard InChI is InChI=1S/C35H41ClN6O3/c1-37-17-20-41-24-42(29-9-3-2-4-10-29)35(34(41)45)15-18-40(19-16-35)33(44)31(21-25-11-13-28(36)14-12-25)39-32(43)30-22-26-7-5-6-8-27(26)23-38-30/h2-14,30-31,37-38H,15-24H2,1H3,(H,39,43)/t30-,31-/m1/s1. The van der Waals surface area contributed by atoms with Crippen molar-refractivity contribution in [3.05, 3.63) is 101 Å². The van der Waals surface area contributed by atoms with Crippen LogP contribution < -0.4 is 20.9 Å². The van der Waals surface area contributed by atoms with Gasteiger partial charge in [0.15, 0.2) is 0 Å². The third-order valence-corrected chi connectivity index (χ3v) is 9.73.